The van der Waals surface area contributed by atoms with Crippen LogP contribution in [0.4, 0.5) is 5.69 Å². The number of piperidine rings is 1. The first-order chi connectivity index (χ1) is 35.3. The number of carbonyl (C=O) groups is 4. The lowest BCUT2D eigenvalue weighted by atomic mass is 9.80. The van der Waals surface area contributed by atoms with Crippen LogP contribution >= 0.6 is 0 Å². The summed E-state index contributed by atoms with van der Waals surface area (Å²) in [6.45, 7) is 22.0. The van der Waals surface area contributed by atoms with Gasteiger partial charge in [-0.2, -0.15) is 0 Å². The Labute approximate surface area is 438 Å². The van der Waals surface area contributed by atoms with Crippen LogP contribution in [0.25, 0.3) is 10.8 Å². The van der Waals surface area contributed by atoms with Crippen molar-refractivity contribution in [2.24, 2.45) is 39.6 Å². The van der Waals surface area contributed by atoms with Gasteiger partial charge in [-0.05, 0) is 62.3 Å². The summed E-state index contributed by atoms with van der Waals surface area (Å²) in [6, 6.07) is 9.72. The van der Waals surface area contributed by atoms with E-state index in [1.807, 2.05) is 84.0 Å². The average molecular weight is 1020 g/mol. The molecule has 3 aromatic carbocycles. The zero-order valence-electron chi connectivity index (χ0n) is 45.8. The number of carbonyl (C=O) groups excluding carboxylic acids is 4. The molecule has 0 unspecified atom stereocenters. The topological polar surface area (TPSA) is 220 Å². The van der Waals surface area contributed by atoms with E-state index < -0.39 is 53.7 Å². The van der Waals surface area contributed by atoms with Gasteiger partial charge in [-0.1, -0.05) is 116 Å². The van der Waals surface area contributed by atoms with E-state index in [1.165, 1.54) is 7.11 Å². The number of hydrogen-bond donors (Lipinski definition) is 6. The highest BCUT2D eigenvalue weighted by molar-refractivity contribution is 6.16. The quantitative estimate of drug-likeness (QED) is 0.0396. The van der Waals surface area contributed by atoms with Crippen molar-refractivity contribution in [3.8, 4) is 30.1 Å². The molecule has 4 bridgehead atoms. The van der Waals surface area contributed by atoms with Crippen molar-refractivity contribution in [3.05, 3.63) is 93.7 Å². The van der Waals surface area contributed by atoms with E-state index in [0.717, 1.165) is 32.3 Å². The summed E-state index contributed by atoms with van der Waals surface area (Å²) in [5, 5.41) is 49.1. The smallest absolute Gasteiger partial charge is 0.315 e. The lowest BCUT2D eigenvalue weighted by Crippen LogP contribution is -2.43. The van der Waals surface area contributed by atoms with Gasteiger partial charge in [0.25, 0.3) is 5.91 Å². The number of rotatable bonds is 9. The molecular formula is C59H83N5O10. The summed E-state index contributed by atoms with van der Waals surface area (Å²) >= 11 is 0. The largest absolute Gasteiger partial charge is 0.507 e. The van der Waals surface area contributed by atoms with Crippen LogP contribution in [0.1, 0.15) is 122 Å². The fraction of sp³-hybridized carbons (Fsp3) is 0.525. The maximum Gasteiger partial charge on any atom is 0.315 e. The number of Topliss-reactive ketones (excluding diaryl/α,β-unsaturated/α-hetero) is 1. The molecule has 6 atom stereocenters. The van der Waals surface area contributed by atoms with E-state index in [-0.39, 0.29) is 79.8 Å². The van der Waals surface area contributed by atoms with Gasteiger partial charge in [0.05, 0.1) is 29.5 Å². The van der Waals surface area contributed by atoms with Crippen LogP contribution in [-0.4, -0.2) is 107 Å². The molecule has 3 aromatic rings. The number of allylic oxidation sites excluding steroid dienone is 5. The number of nitrogens with zero attached hydrogens (tertiary/aromatic N) is 3. The predicted octanol–water partition coefficient (Wildman–Crippen LogP) is 8.08. The number of nitrogens with one attached hydrogen (secondary N) is 2. The van der Waals surface area contributed by atoms with Gasteiger partial charge < -0.3 is 45.4 Å². The summed E-state index contributed by atoms with van der Waals surface area (Å²) in [5.41, 5.74) is 0.787. The van der Waals surface area contributed by atoms with Gasteiger partial charge in [-0.15, -0.1) is 12.8 Å². The Hall–Kier alpha value is -6.34. The molecule has 1 fully saturated rings. The maximum absolute atomic E-state index is 14.7. The number of esters is 1. The molecule has 7 rings (SSSR count). The zero-order chi connectivity index (χ0) is 55.4. The highest BCUT2D eigenvalue weighted by atomic mass is 16.5. The van der Waals surface area contributed by atoms with Crippen LogP contribution in [0, 0.1) is 49.4 Å². The van der Waals surface area contributed by atoms with E-state index in [1.54, 1.807) is 32.1 Å². The van der Waals surface area contributed by atoms with Crippen molar-refractivity contribution in [2.45, 2.75) is 132 Å². The number of methoxy groups -OCH3 is 1. The standard InChI is InChI=1S/C54H71N5O9.C2H6.C2H2.CH4O/c1-31(2)30-59-26-23-54(24-27-59)57-45-43-42-39(60)21-14-13-17-33(4)51(68-41(62)29-40(61)55-25-22-38-19-11-10-12-20-38)36(7)48(63)35(6)28-32(3)16-15-18-34(5)53(66)56-47(46(45)58-54)50(65)44(43)49(64)37(8)52(42)67-9;3*1-2/h10-16,18-20,31-33,35-36,48,51,63-65H,17,21-30H2,1-9H3,(H,55,61)(H,56,66);1-2H3;1-2H;2H,1H3/b14-13+,16-15+,34-18-;;;/t32-,33+,35+,36+,48+,51+;;;/m0.../s1. The molecule has 4 heterocycles. The highest BCUT2D eigenvalue weighted by Gasteiger charge is 2.40. The second kappa shape index (κ2) is 29.5. The van der Waals surface area contributed by atoms with Crippen molar-refractivity contribution < 1.29 is 49.1 Å². The van der Waals surface area contributed by atoms with Gasteiger partial charge in [0.15, 0.2) is 17.2 Å². The molecule has 2 amide bonds. The number of aliphatic hydroxyl groups excluding tert-OH is 2. The van der Waals surface area contributed by atoms with Gasteiger partial charge in [0.1, 0.15) is 35.1 Å². The lowest BCUT2D eigenvalue weighted by molar-refractivity contribution is -0.160. The summed E-state index contributed by atoms with van der Waals surface area (Å²) < 4.78 is 11.9. The molecule has 1 spiro atoms. The second-order valence-corrected chi connectivity index (χ2v) is 19.7. The van der Waals surface area contributed by atoms with Gasteiger partial charge >= 0.3 is 5.97 Å². The van der Waals surface area contributed by atoms with Crippen molar-refractivity contribution in [2.75, 3.05) is 45.7 Å². The van der Waals surface area contributed by atoms with Crippen LogP contribution in [0.2, 0.25) is 0 Å². The Balaban J connectivity index is 0.00000232. The molecule has 4 aliphatic heterocycles. The van der Waals surface area contributed by atoms with E-state index in [9.17, 15) is 34.5 Å². The number of aromatic hydroxyl groups is 2. The van der Waals surface area contributed by atoms with Crippen LogP contribution in [0.3, 0.4) is 0 Å². The molecule has 0 radical (unpaired) electrons. The number of amides is 2. The third-order valence-corrected chi connectivity index (χ3v) is 13.7. The van der Waals surface area contributed by atoms with Crippen LogP contribution in [0.15, 0.2) is 76.3 Å². The van der Waals surface area contributed by atoms with Gasteiger partial charge in [0, 0.05) is 75.0 Å². The summed E-state index contributed by atoms with van der Waals surface area (Å²) in [6.07, 6.45) is 17.4. The summed E-state index contributed by atoms with van der Waals surface area (Å²) in [5.74, 6) is -3.33. The Morgan fingerprint density at radius 2 is 1.57 bits per heavy atom. The normalized spacial score (nSPS) is 23.6. The van der Waals surface area contributed by atoms with Gasteiger partial charge in [0.2, 0.25) is 5.91 Å². The molecule has 74 heavy (non-hydrogen) atoms. The van der Waals surface area contributed by atoms with Crippen LogP contribution in [0.5, 0.6) is 17.2 Å². The Morgan fingerprint density at radius 1 is 0.932 bits per heavy atom. The van der Waals surface area contributed by atoms with E-state index in [2.05, 4.69) is 42.2 Å². The number of likely N-dealkylation sites (tertiary alicyclic amines) is 1. The second-order valence-electron chi connectivity index (χ2n) is 19.7. The molecule has 15 heteroatoms. The predicted molar refractivity (Wildman–Crippen MR) is 293 cm³/mol. The molecule has 6 N–H and O–H groups in total. The number of ether oxygens (including phenoxy) is 2. The zero-order valence-corrected chi connectivity index (χ0v) is 45.8. The summed E-state index contributed by atoms with van der Waals surface area (Å²) in [4.78, 5) is 67.7. The summed E-state index contributed by atoms with van der Waals surface area (Å²) in [7, 11) is 2.41. The molecular weight excluding hydrogens is 939 g/mol. The Bertz CT molecular complexity index is 2630. The molecule has 4 aliphatic rings. The maximum atomic E-state index is 14.7. The SMILES string of the molecule is C#C.CC.CO.COc1c(C)c(O)c2c(O)c3c4c(c2c1C(=O)C/C=C/C[C@@H](C)[C@@H](OC(=O)CC(=O)NCCc1ccccc1)[C@H](C)[C@H](O)[C@H](C)C[C@@H](C)/C=C/C=C(/C)C(=O)N3)=NC1(CCN(CC(C)C)CC1)N=4. The first-order valence-electron chi connectivity index (χ1n) is 26.0. The Morgan fingerprint density at radius 3 is 2.19 bits per heavy atom. The van der Waals surface area contributed by atoms with Crippen molar-refractivity contribution in [3.63, 3.8) is 0 Å². The minimum absolute atomic E-state index is 0.00533. The third-order valence-electron chi connectivity index (χ3n) is 13.7. The Kier molecular flexibility index (Phi) is 24.7. The minimum Gasteiger partial charge on any atom is -0.507 e. The van der Waals surface area contributed by atoms with Crippen molar-refractivity contribution in [1.82, 2.24) is 10.2 Å². The molecule has 1 saturated heterocycles. The average Bonchev–Trinajstić information content (AvgIpc) is 3.76. The number of hydrogen-bond acceptors (Lipinski definition) is 13. The van der Waals surface area contributed by atoms with Crippen LogP contribution in [-0.2, 0) is 25.5 Å². The van der Waals surface area contributed by atoms with E-state index >= 15 is 0 Å². The molecule has 0 aliphatic carbocycles. The highest BCUT2D eigenvalue weighted by Crippen LogP contribution is 2.45. The molecule has 0 saturated carbocycles. The minimum atomic E-state index is -0.928. The number of phenolic OH excluding ortho intramolecular Hbond substituents is 2. The lowest BCUT2D eigenvalue weighted by Gasteiger charge is -2.36. The molecule has 0 aromatic heterocycles. The van der Waals surface area contributed by atoms with Gasteiger partial charge in [-0.3, -0.25) is 29.2 Å². The fourth-order valence-corrected chi connectivity index (χ4v) is 9.96. The third kappa shape index (κ3) is 15.6. The van der Waals surface area contributed by atoms with Crippen molar-refractivity contribution in [1.29, 1.82) is 0 Å². The number of aliphatic hydroxyl groups is 2. The molecule has 15 nitrogen and oxygen atoms in total. The number of ketones is 1. The number of fused-ring (bicyclic) bond motifs is 14. The number of terminal acetylenes is 1. The number of phenols is 2. The fourth-order valence-electron chi connectivity index (χ4n) is 9.96. The van der Waals surface area contributed by atoms with E-state index in [4.69, 9.17) is 24.6 Å². The van der Waals surface area contributed by atoms with Gasteiger partial charge in [-0.25, -0.2) is 0 Å². The molecule has 404 valence electrons. The number of benzene rings is 3. The van der Waals surface area contributed by atoms with Crippen molar-refractivity contribution >= 4 is 40.0 Å². The first-order valence-corrected chi connectivity index (χ1v) is 26.0. The monoisotopic (exact) mass is 1020 g/mol. The van der Waals surface area contributed by atoms with Crippen LogP contribution < -0.4 is 26.1 Å². The first kappa shape index (κ1) is 62.0. The number of anilines is 1. The van der Waals surface area contributed by atoms with E-state index in [0.29, 0.717) is 50.1 Å².